The lowest BCUT2D eigenvalue weighted by molar-refractivity contribution is 0.00578. The van der Waals surface area contributed by atoms with Crippen LogP contribution in [0.25, 0.3) is 0 Å². The maximum Gasteiger partial charge on any atom is 0.514 e. The Morgan fingerprint density at radius 2 is 1.71 bits per heavy atom. The molecule has 0 aliphatic carbocycles. The van der Waals surface area contributed by atoms with Crippen molar-refractivity contribution in [2.75, 3.05) is 0 Å². The molecule has 1 aliphatic heterocycles. The van der Waals surface area contributed by atoms with Crippen LogP contribution in [-0.4, -0.2) is 27.9 Å². The summed E-state index contributed by atoms with van der Waals surface area (Å²) in [6, 6.07) is 0.353. The van der Waals surface area contributed by atoms with Crippen LogP contribution < -0.4 is 5.59 Å². The Morgan fingerprint density at radius 1 is 1.18 bits per heavy atom. The standard InChI is InChI=1S/C12H21BN2O2/c1-9(2)15-8-14-7-10(15)13-16-11(3,4)12(5,6)17-13/h7-9H,1-6H3. The third-order valence-corrected chi connectivity index (χ3v) is 3.75. The van der Waals surface area contributed by atoms with Crippen molar-refractivity contribution in [1.82, 2.24) is 9.55 Å². The quantitative estimate of drug-likeness (QED) is 0.734. The van der Waals surface area contributed by atoms with E-state index < -0.39 is 0 Å². The molecule has 2 heterocycles. The highest BCUT2D eigenvalue weighted by molar-refractivity contribution is 6.61. The molecule has 5 heteroatoms. The third kappa shape index (κ3) is 2.02. The largest absolute Gasteiger partial charge is 0.514 e. The molecular formula is C12H21BN2O2. The highest BCUT2D eigenvalue weighted by atomic mass is 16.7. The Balaban J connectivity index is 2.29. The van der Waals surface area contributed by atoms with E-state index in [0.29, 0.717) is 6.04 Å². The van der Waals surface area contributed by atoms with Gasteiger partial charge in [-0.25, -0.2) is 4.98 Å². The number of imidazole rings is 1. The molecule has 1 aromatic heterocycles. The van der Waals surface area contributed by atoms with Crippen molar-refractivity contribution >= 4 is 12.7 Å². The smallest absolute Gasteiger partial charge is 0.398 e. The molecule has 0 atom stereocenters. The Hall–Kier alpha value is -0.805. The minimum absolute atomic E-state index is 0.302. The minimum atomic E-state index is -0.329. The predicted octanol–water partition coefficient (Wildman–Crippen LogP) is 1.76. The molecule has 0 saturated carbocycles. The summed E-state index contributed by atoms with van der Waals surface area (Å²) in [6.45, 7) is 12.5. The summed E-state index contributed by atoms with van der Waals surface area (Å²) >= 11 is 0. The summed E-state index contributed by atoms with van der Waals surface area (Å²) in [6.07, 6.45) is 3.65. The van der Waals surface area contributed by atoms with Gasteiger partial charge >= 0.3 is 7.12 Å². The maximum atomic E-state index is 6.02. The summed E-state index contributed by atoms with van der Waals surface area (Å²) in [5.74, 6) is 0. The lowest BCUT2D eigenvalue weighted by Crippen LogP contribution is -2.41. The van der Waals surface area contributed by atoms with Gasteiger partial charge in [-0.15, -0.1) is 0 Å². The molecular weight excluding hydrogens is 215 g/mol. The SMILES string of the molecule is CC(C)n1cncc1B1OC(C)(C)C(C)(C)O1. The van der Waals surface area contributed by atoms with E-state index in [1.807, 2.05) is 12.5 Å². The number of rotatable bonds is 2. The topological polar surface area (TPSA) is 36.3 Å². The third-order valence-electron chi connectivity index (χ3n) is 3.75. The van der Waals surface area contributed by atoms with Gasteiger partial charge in [0.1, 0.15) is 0 Å². The average Bonchev–Trinajstić information content (AvgIpc) is 2.69. The first-order chi connectivity index (χ1) is 7.74. The van der Waals surface area contributed by atoms with Crippen LogP contribution in [0.1, 0.15) is 47.6 Å². The van der Waals surface area contributed by atoms with Crippen molar-refractivity contribution in [3.8, 4) is 0 Å². The van der Waals surface area contributed by atoms with Gasteiger partial charge in [0.05, 0.1) is 23.1 Å². The van der Waals surface area contributed by atoms with Gasteiger partial charge in [-0.05, 0) is 41.5 Å². The Kier molecular flexibility index (Phi) is 2.87. The zero-order chi connectivity index (χ0) is 12.8. The normalized spacial score (nSPS) is 22.4. The van der Waals surface area contributed by atoms with Gasteiger partial charge in [-0.2, -0.15) is 0 Å². The van der Waals surface area contributed by atoms with Gasteiger partial charge in [0.15, 0.2) is 0 Å². The fourth-order valence-corrected chi connectivity index (χ4v) is 1.89. The van der Waals surface area contributed by atoms with Crippen LogP contribution in [-0.2, 0) is 9.31 Å². The Labute approximate surface area is 103 Å². The van der Waals surface area contributed by atoms with Crippen LogP contribution in [0, 0.1) is 0 Å². The molecule has 4 nitrogen and oxygen atoms in total. The highest BCUT2D eigenvalue weighted by Gasteiger charge is 2.52. The molecule has 0 radical (unpaired) electrons. The second-order valence-corrected chi connectivity index (χ2v) is 5.91. The molecule has 94 valence electrons. The molecule has 17 heavy (non-hydrogen) atoms. The number of hydrogen-bond acceptors (Lipinski definition) is 3. The summed E-state index contributed by atoms with van der Waals surface area (Å²) in [5.41, 5.74) is 0.381. The molecule has 1 fully saturated rings. The van der Waals surface area contributed by atoms with Crippen molar-refractivity contribution < 1.29 is 9.31 Å². The van der Waals surface area contributed by atoms with Crippen molar-refractivity contribution in [3.63, 3.8) is 0 Å². The fraction of sp³-hybridized carbons (Fsp3) is 0.750. The van der Waals surface area contributed by atoms with Crippen LogP contribution in [0.5, 0.6) is 0 Å². The molecule has 2 rings (SSSR count). The molecule has 1 aromatic rings. The van der Waals surface area contributed by atoms with E-state index >= 15 is 0 Å². The van der Waals surface area contributed by atoms with Gasteiger partial charge in [0, 0.05) is 12.2 Å². The van der Waals surface area contributed by atoms with E-state index in [0.717, 1.165) is 5.59 Å². The Bertz CT molecular complexity index is 396. The van der Waals surface area contributed by atoms with Crippen LogP contribution in [0.2, 0.25) is 0 Å². The Morgan fingerprint density at radius 3 is 2.18 bits per heavy atom. The van der Waals surface area contributed by atoms with Gasteiger partial charge in [0.2, 0.25) is 0 Å². The summed E-state index contributed by atoms with van der Waals surface area (Å²) in [4.78, 5) is 4.19. The molecule has 1 aliphatic rings. The lowest BCUT2D eigenvalue weighted by atomic mass is 9.85. The van der Waals surface area contributed by atoms with E-state index in [1.54, 1.807) is 0 Å². The van der Waals surface area contributed by atoms with Gasteiger partial charge in [0.25, 0.3) is 0 Å². The molecule has 0 amide bonds. The number of hydrogen-bond donors (Lipinski definition) is 0. The molecule has 0 unspecified atom stereocenters. The van der Waals surface area contributed by atoms with Crippen molar-refractivity contribution in [2.45, 2.75) is 58.8 Å². The first kappa shape index (κ1) is 12.6. The van der Waals surface area contributed by atoms with Crippen molar-refractivity contribution in [1.29, 1.82) is 0 Å². The number of aromatic nitrogens is 2. The van der Waals surface area contributed by atoms with Crippen molar-refractivity contribution in [3.05, 3.63) is 12.5 Å². The summed E-state index contributed by atoms with van der Waals surface area (Å²) in [7, 11) is -0.329. The zero-order valence-corrected chi connectivity index (χ0v) is 11.5. The molecule has 0 N–H and O–H groups in total. The predicted molar refractivity (Wildman–Crippen MR) is 68.3 cm³/mol. The monoisotopic (exact) mass is 236 g/mol. The van der Waals surface area contributed by atoms with E-state index in [-0.39, 0.29) is 18.3 Å². The van der Waals surface area contributed by atoms with Crippen LogP contribution >= 0.6 is 0 Å². The van der Waals surface area contributed by atoms with E-state index in [9.17, 15) is 0 Å². The fourth-order valence-electron chi connectivity index (χ4n) is 1.89. The van der Waals surface area contributed by atoms with Gasteiger partial charge < -0.3 is 13.9 Å². The van der Waals surface area contributed by atoms with Crippen molar-refractivity contribution in [2.24, 2.45) is 0 Å². The first-order valence-electron chi connectivity index (χ1n) is 6.12. The second kappa shape index (κ2) is 3.85. The van der Waals surface area contributed by atoms with E-state index in [4.69, 9.17) is 9.31 Å². The van der Waals surface area contributed by atoms with Gasteiger partial charge in [-0.3, -0.25) is 0 Å². The van der Waals surface area contributed by atoms with Gasteiger partial charge in [-0.1, -0.05) is 0 Å². The van der Waals surface area contributed by atoms with Crippen LogP contribution in [0.3, 0.4) is 0 Å². The second-order valence-electron chi connectivity index (χ2n) is 5.91. The zero-order valence-electron chi connectivity index (χ0n) is 11.5. The summed E-state index contributed by atoms with van der Waals surface area (Å²) < 4.78 is 14.1. The maximum absolute atomic E-state index is 6.02. The minimum Gasteiger partial charge on any atom is -0.398 e. The summed E-state index contributed by atoms with van der Waals surface area (Å²) in [5, 5.41) is 0. The molecule has 0 aromatic carbocycles. The molecule has 1 saturated heterocycles. The highest BCUT2D eigenvalue weighted by Crippen LogP contribution is 2.36. The number of nitrogens with zero attached hydrogens (tertiary/aromatic N) is 2. The van der Waals surface area contributed by atoms with E-state index in [2.05, 4.69) is 51.1 Å². The molecule has 0 bridgehead atoms. The van der Waals surface area contributed by atoms with E-state index in [1.165, 1.54) is 0 Å². The lowest BCUT2D eigenvalue weighted by Gasteiger charge is -2.32. The van der Waals surface area contributed by atoms with Crippen LogP contribution in [0.4, 0.5) is 0 Å². The van der Waals surface area contributed by atoms with Crippen LogP contribution in [0.15, 0.2) is 12.5 Å². The molecule has 0 spiro atoms. The first-order valence-corrected chi connectivity index (χ1v) is 6.12. The average molecular weight is 236 g/mol.